The number of carbonyl (C=O) groups excluding carboxylic acids is 2. The van der Waals surface area contributed by atoms with Gasteiger partial charge < -0.3 is 19.9 Å². The predicted octanol–water partition coefficient (Wildman–Crippen LogP) is -0.554. The smallest absolute Gasteiger partial charge is 0.251 e. The quantitative estimate of drug-likeness (QED) is 0.743. The summed E-state index contributed by atoms with van der Waals surface area (Å²) in [6.07, 6.45) is 1.56. The Balaban J connectivity index is 1.75. The van der Waals surface area contributed by atoms with Crippen LogP contribution < -0.4 is 5.32 Å². The minimum atomic E-state index is -0.246. The molecule has 2 aliphatic heterocycles. The van der Waals surface area contributed by atoms with E-state index in [1.807, 2.05) is 16.7 Å². The van der Waals surface area contributed by atoms with Crippen LogP contribution in [0.15, 0.2) is 0 Å². The predicted molar refractivity (Wildman–Crippen MR) is 70.7 cm³/mol. The fraction of sp³-hybridized carbons (Fsp3) is 0.846. The molecule has 0 aromatic carbocycles. The Labute approximate surface area is 114 Å². The lowest BCUT2D eigenvalue weighted by Crippen LogP contribution is -2.54. The Morgan fingerprint density at radius 1 is 1.21 bits per heavy atom. The number of nitrogens with zero attached hydrogens (tertiary/aromatic N) is 2. The maximum atomic E-state index is 12.1. The molecular weight excluding hydrogens is 246 g/mol. The Hall–Kier alpha value is -1.14. The second-order valence-corrected chi connectivity index (χ2v) is 4.99. The molecule has 6 heteroatoms. The fourth-order valence-electron chi connectivity index (χ4n) is 2.50. The molecule has 6 nitrogen and oxygen atoms in total. The van der Waals surface area contributed by atoms with Crippen LogP contribution >= 0.6 is 0 Å². The number of amides is 2. The van der Waals surface area contributed by atoms with Gasteiger partial charge in [-0.15, -0.1) is 0 Å². The van der Waals surface area contributed by atoms with E-state index in [1.54, 1.807) is 0 Å². The van der Waals surface area contributed by atoms with E-state index in [0.29, 0.717) is 39.3 Å². The summed E-state index contributed by atoms with van der Waals surface area (Å²) in [5, 5.41) is 3.03. The molecule has 0 radical (unpaired) electrons. The van der Waals surface area contributed by atoms with Crippen LogP contribution in [0.1, 0.15) is 19.8 Å². The van der Waals surface area contributed by atoms with E-state index in [0.717, 1.165) is 19.4 Å². The van der Waals surface area contributed by atoms with Crippen molar-refractivity contribution >= 4 is 11.8 Å². The Kier molecular flexibility index (Phi) is 5.15. The first-order valence-corrected chi connectivity index (χ1v) is 7.11. The van der Waals surface area contributed by atoms with Gasteiger partial charge in [0.25, 0.3) is 5.91 Å². The average Bonchev–Trinajstić information content (AvgIpc) is 2.98. The molecule has 2 aliphatic rings. The number of piperazine rings is 1. The highest BCUT2D eigenvalue weighted by Crippen LogP contribution is 2.15. The van der Waals surface area contributed by atoms with Gasteiger partial charge in [-0.1, -0.05) is 6.92 Å². The first kappa shape index (κ1) is 14.3. The van der Waals surface area contributed by atoms with E-state index in [2.05, 4.69) is 5.32 Å². The minimum absolute atomic E-state index is 0.0938. The lowest BCUT2D eigenvalue weighted by Gasteiger charge is -2.35. The summed E-state index contributed by atoms with van der Waals surface area (Å²) in [5.74, 6) is 0.211. The van der Waals surface area contributed by atoms with Crippen molar-refractivity contribution in [1.29, 1.82) is 0 Å². The summed E-state index contributed by atoms with van der Waals surface area (Å²) in [5.41, 5.74) is 0. The Morgan fingerprint density at radius 3 is 2.47 bits per heavy atom. The molecule has 1 atom stereocenters. The summed E-state index contributed by atoms with van der Waals surface area (Å²) < 4.78 is 5.41. The highest BCUT2D eigenvalue weighted by molar-refractivity contribution is 5.82. The van der Waals surface area contributed by atoms with E-state index in [4.69, 9.17) is 4.74 Å². The fourth-order valence-corrected chi connectivity index (χ4v) is 2.50. The maximum absolute atomic E-state index is 12.1. The van der Waals surface area contributed by atoms with E-state index >= 15 is 0 Å². The van der Waals surface area contributed by atoms with E-state index in [9.17, 15) is 9.59 Å². The third-order valence-electron chi connectivity index (χ3n) is 3.68. The van der Waals surface area contributed by atoms with Crippen molar-refractivity contribution in [2.75, 3.05) is 45.9 Å². The summed E-state index contributed by atoms with van der Waals surface area (Å²) in [7, 11) is 0. The van der Waals surface area contributed by atoms with Crippen molar-refractivity contribution in [2.45, 2.75) is 25.9 Å². The molecule has 0 saturated carbocycles. The van der Waals surface area contributed by atoms with Crippen molar-refractivity contribution in [2.24, 2.45) is 0 Å². The summed E-state index contributed by atoms with van der Waals surface area (Å²) in [6, 6.07) is 0. The number of carbonyl (C=O) groups is 2. The van der Waals surface area contributed by atoms with Gasteiger partial charge in [-0.25, -0.2) is 0 Å². The number of likely N-dealkylation sites (N-methyl/N-ethyl adjacent to an activating group) is 1. The standard InChI is InChI=1S/C13H23N3O3/c1-2-14-10-12(17)15-5-7-16(8-6-15)13(18)11-4-3-9-19-11/h11,14H,2-10H2,1H3. The minimum Gasteiger partial charge on any atom is -0.368 e. The average molecular weight is 269 g/mol. The van der Waals surface area contributed by atoms with Gasteiger partial charge in [0, 0.05) is 32.8 Å². The van der Waals surface area contributed by atoms with E-state index in [1.165, 1.54) is 0 Å². The zero-order valence-corrected chi connectivity index (χ0v) is 11.6. The van der Waals surface area contributed by atoms with Gasteiger partial charge in [-0.3, -0.25) is 9.59 Å². The van der Waals surface area contributed by atoms with Crippen molar-refractivity contribution in [1.82, 2.24) is 15.1 Å². The first-order chi connectivity index (χ1) is 9.22. The van der Waals surface area contributed by atoms with Crippen LogP contribution in [-0.2, 0) is 14.3 Å². The molecular formula is C13H23N3O3. The number of nitrogens with one attached hydrogen (secondary N) is 1. The van der Waals surface area contributed by atoms with Gasteiger partial charge in [0.2, 0.25) is 5.91 Å². The molecule has 19 heavy (non-hydrogen) atoms. The summed E-state index contributed by atoms with van der Waals surface area (Å²) >= 11 is 0. The molecule has 1 N–H and O–H groups in total. The highest BCUT2D eigenvalue weighted by Gasteiger charge is 2.31. The Bertz CT molecular complexity index is 321. The van der Waals surface area contributed by atoms with Gasteiger partial charge in [0.05, 0.1) is 6.54 Å². The van der Waals surface area contributed by atoms with Crippen LogP contribution in [0.4, 0.5) is 0 Å². The maximum Gasteiger partial charge on any atom is 0.251 e. The van der Waals surface area contributed by atoms with Gasteiger partial charge in [-0.05, 0) is 19.4 Å². The topological polar surface area (TPSA) is 61.9 Å². The molecule has 2 heterocycles. The lowest BCUT2D eigenvalue weighted by molar-refractivity contribution is -0.145. The van der Waals surface area contributed by atoms with Crippen LogP contribution in [0.5, 0.6) is 0 Å². The van der Waals surface area contributed by atoms with E-state index < -0.39 is 0 Å². The lowest BCUT2D eigenvalue weighted by atomic mass is 10.2. The highest BCUT2D eigenvalue weighted by atomic mass is 16.5. The van der Waals surface area contributed by atoms with Crippen LogP contribution in [0.3, 0.4) is 0 Å². The number of ether oxygens (including phenoxy) is 1. The Morgan fingerprint density at radius 2 is 1.89 bits per heavy atom. The second-order valence-electron chi connectivity index (χ2n) is 4.99. The molecule has 1 unspecified atom stereocenters. The van der Waals surface area contributed by atoms with E-state index in [-0.39, 0.29) is 17.9 Å². The van der Waals surface area contributed by atoms with Crippen LogP contribution in [0.25, 0.3) is 0 Å². The zero-order chi connectivity index (χ0) is 13.7. The molecule has 2 rings (SSSR count). The molecule has 0 bridgehead atoms. The van der Waals surface area contributed by atoms with Gasteiger partial charge in [0.15, 0.2) is 0 Å². The molecule has 0 aromatic heterocycles. The third-order valence-corrected chi connectivity index (χ3v) is 3.68. The number of hydrogen-bond acceptors (Lipinski definition) is 4. The zero-order valence-electron chi connectivity index (χ0n) is 11.6. The number of rotatable bonds is 4. The van der Waals surface area contributed by atoms with Crippen LogP contribution in [-0.4, -0.2) is 73.6 Å². The molecule has 2 fully saturated rings. The third kappa shape index (κ3) is 3.67. The van der Waals surface area contributed by atoms with Gasteiger partial charge in [0.1, 0.15) is 6.10 Å². The van der Waals surface area contributed by atoms with Gasteiger partial charge in [-0.2, -0.15) is 0 Å². The molecule has 2 saturated heterocycles. The largest absolute Gasteiger partial charge is 0.368 e. The van der Waals surface area contributed by atoms with Crippen molar-refractivity contribution < 1.29 is 14.3 Å². The van der Waals surface area contributed by atoms with Crippen LogP contribution in [0.2, 0.25) is 0 Å². The summed E-state index contributed by atoms with van der Waals surface area (Å²) in [4.78, 5) is 27.6. The molecule has 108 valence electrons. The second kappa shape index (κ2) is 6.86. The molecule has 0 aromatic rings. The van der Waals surface area contributed by atoms with Crippen LogP contribution in [0, 0.1) is 0 Å². The summed E-state index contributed by atoms with van der Waals surface area (Å²) in [6.45, 7) is 6.35. The van der Waals surface area contributed by atoms with Gasteiger partial charge >= 0.3 is 0 Å². The normalized spacial score (nSPS) is 23.7. The first-order valence-electron chi connectivity index (χ1n) is 7.11. The van der Waals surface area contributed by atoms with Crippen molar-refractivity contribution in [3.63, 3.8) is 0 Å². The number of hydrogen-bond donors (Lipinski definition) is 1. The van der Waals surface area contributed by atoms with Crippen molar-refractivity contribution in [3.05, 3.63) is 0 Å². The SMILES string of the molecule is CCNCC(=O)N1CCN(C(=O)C2CCCO2)CC1. The monoisotopic (exact) mass is 269 g/mol. The molecule has 0 spiro atoms. The van der Waals surface area contributed by atoms with Crippen molar-refractivity contribution in [3.8, 4) is 0 Å². The molecule has 0 aliphatic carbocycles. The molecule has 2 amide bonds.